The van der Waals surface area contributed by atoms with Gasteiger partial charge in [0.1, 0.15) is 5.75 Å². The highest BCUT2D eigenvalue weighted by molar-refractivity contribution is 6.31. The zero-order chi connectivity index (χ0) is 14.8. The van der Waals surface area contributed by atoms with Crippen LogP contribution >= 0.6 is 11.6 Å². The van der Waals surface area contributed by atoms with Gasteiger partial charge in [0, 0.05) is 22.2 Å². The topological polar surface area (TPSA) is 39.2 Å². The van der Waals surface area contributed by atoms with Gasteiger partial charge < -0.3 is 4.74 Å². The van der Waals surface area contributed by atoms with E-state index in [4.69, 9.17) is 16.3 Å². The first-order valence-electron chi connectivity index (χ1n) is 6.42. The van der Waals surface area contributed by atoms with E-state index in [9.17, 15) is 4.79 Å². The SMILES string of the molecule is COc1ccc(Cl)cc1C(=O)c1ccc2ncccc2c1. The molecule has 0 amide bonds. The Morgan fingerprint density at radius 1 is 1.14 bits per heavy atom. The van der Waals surface area contributed by atoms with Gasteiger partial charge in [-0.15, -0.1) is 0 Å². The van der Waals surface area contributed by atoms with Gasteiger partial charge >= 0.3 is 0 Å². The van der Waals surface area contributed by atoms with Crippen molar-refractivity contribution in [3.05, 3.63) is 70.9 Å². The molecule has 0 fully saturated rings. The Morgan fingerprint density at radius 2 is 2.00 bits per heavy atom. The van der Waals surface area contributed by atoms with E-state index in [0.717, 1.165) is 10.9 Å². The van der Waals surface area contributed by atoms with Gasteiger partial charge in [0.05, 0.1) is 18.2 Å². The van der Waals surface area contributed by atoms with Crippen LogP contribution in [0.25, 0.3) is 10.9 Å². The number of carbonyl (C=O) groups is 1. The quantitative estimate of drug-likeness (QED) is 0.682. The van der Waals surface area contributed by atoms with Crippen LogP contribution in [0.1, 0.15) is 15.9 Å². The number of hydrogen-bond acceptors (Lipinski definition) is 3. The highest BCUT2D eigenvalue weighted by Crippen LogP contribution is 2.26. The molecule has 0 aliphatic heterocycles. The fourth-order valence-electron chi connectivity index (χ4n) is 2.23. The standard InChI is InChI=1S/C17H12ClNO2/c1-21-16-7-5-13(18)10-14(16)17(20)12-4-6-15-11(9-12)3-2-8-19-15/h2-10H,1H3. The number of methoxy groups -OCH3 is 1. The van der Waals surface area contributed by atoms with Gasteiger partial charge in [-0.3, -0.25) is 9.78 Å². The van der Waals surface area contributed by atoms with Crippen LogP contribution < -0.4 is 4.74 Å². The smallest absolute Gasteiger partial charge is 0.196 e. The van der Waals surface area contributed by atoms with Crippen molar-refractivity contribution >= 4 is 28.3 Å². The van der Waals surface area contributed by atoms with E-state index in [-0.39, 0.29) is 5.78 Å². The monoisotopic (exact) mass is 297 g/mol. The van der Waals surface area contributed by atoms with E-state index in [1.54, 1.807) is 30.5 Å². The zero-order valence-electron chi connectivity index (χ0n) is 11.3. The largest absolute Gasteiger partial charge is 0.496 e. The molecule has 0 aliphatic carbocycles. The summed E-state index contributed by atoms with van der Waals surface area (Å²) in [5.74, 6) is 0.385. The summed E-state index contributed by atoms with van der Waals surface area (Å²) in [7, 11) is 1.53. The Balaban J connectivity index is 2.10. The van der Waals surface area contributed by atoms with E-state index in [1.807, 2.05) is 24.3 Å². The third-order valence-electron chi connectivity index (χ3n) is 3.27. The zero-order valence-corrected chi connectivity index (χ0v) is 12.1. The van der Waals surface area contributed by atoms with Crippen molar-refractivity contribution in [1.29, 1.82) is 0 Å². The first-order chi connectivity index (χ1) is 10.2. The van der Waals surface area contributed by atoms with Crippen molar-refractivity contribution in [2.45, 2.75) is 0 Å². The summed E-state index contributed by atoms with van der Waals surface area (Å²) < 4.78 is 5.24. The lowest BCUT2D eigenvalue weighted by Gasteiger charge is -2.08. The lowest BCUT2D eigenvalue weighted by molar-refractivity contribution is 0.103. The highest BCUT2D eigenvalue weighted by Gasteiger charge is 2.15. The molecule has 0 saturated heterocycles. The molecule has 3 nitrogen and oxygen atoms in total. The van der Waals surface area contributed by atoms with Crippen molar-refractivity contribution < 1.29 is 9.53 Å². The number of ether oxygens (including phenoxy) is 1. The number of halogens is 1. The van der Waals surface area contributed by atoms with Gasteiger partial charge in [-0.25, -0.2) is 0 Å². The van der Waals surface area contributed by atoms with E-state index in [0.29, 0.717) is 21.9 Å². The molecule has 0 N–H and O–H groups in total. The molecule has 0 saturated carbocycles. The normalized spacial score (nSPS) is 10.6. The van der Waals surface area contributed by atoms with Gasteiger partial charge in [-0.05, 0) is 42.5 Å². The second kappa shape index (κ2) is 5.54. The van der Waals surface area contributed by atoms with Crippen molar-refractivity contribution in [1.82, 2.24) is 4.98 Å². The van der Waals surface area contributed by atoms with Crippen molar-refractivity contribution in [3.8, 4) is 5.75 Å². The average molecular weight is 298 g/mol. The molecule has 0 bridgehead atoms. The third-order valence-corrected chi connectivity index (χ3v) is 3.51. The van der Waals surface area contributed by atoms with E-state index < -0.39 is 0 Å². The maximum Gasteiger partial charge on any atom is 0.196 e. The van der Waals surface area contributed by atoms with Crippen molar-refractivity contribution in [2.75, 3.05) is 7.11 Å². The summed E-state index contributed by atoms with van der Waals surface area (Å²) in [4.78, 5) is 16.9. The number of fused-ring (bicyclic) bond motifs is 1. The maximum absolute atomic E-state index is 12.7. The lowest BCUT2D eigenvalue weighted by atomic mass is 10.0. The summed E-state index contributed by atoms with van der Waals surface area (Å²) in [6, 6.07) is 14.2. The number of hydrogen-bond donors (Lipinski definition) is 0. The third kappa shape index (κ3) is 2.60. The molecular formula is C17H12ClNO2. The minimum Gasteiger partial charge on any atom is -0.496 e. The summed E-state index contributed by atoms with van der Waals surface area (Å²) >= 11 is 5.98. The van der Waals surface area contributed by atoms with Gasteiger partial charge in [0.2, 0.25) is 0 Å². The van der Waals surface area contributed by atoms with Crippen LogP contribution in [0.15, 0.2) is 54.7 Å². The van der Waals surface area contributed by atoms with Crippen LogP contribution in [0.2, 0.25) is 5.02 Å². The van der Waals surface area contributed by atoms with Gasteiger partial charge in [0.25, 0.3) is 0 Å². The number of benzene rings is 2. The van der Waals surface area contributed by atoms with E-state index in [2.05, 4.69) is 4.98 Å². The van der Waals surface area contributed by atoms with E-state index >= 15 is 0 Å². The van der Waals surface area contributed by atoms with Crippen LogP contribution in [-0.4, -0.2) is 17.9 Å². The minimum atomic E-state index is -0.125. The molecule has 1 heterocycles. The summed E-state index contributed by atoms with van der Waals surface area (Å²) in [6.45, 7) is 0. The number of nitrogens with zero attached hydrogens (tertiary/aromatic N) is 1. The predicted octanol–water partition coefficient (Wildman–Crippen LogP) is 4.13. The Labute approximate surface area is 127 Å². The van der Waals surface area contributed by atoms with Crippen molar-refractivity contribution in [2.24, 2.45) is 0 Å². The van der Waals surface area contributed by atoms with Crippen LogP contribution in [0.4, 0.5) is 0 Å². The fraction of sp³-hybridized carbons (Fsp3) is 0.0588. The lowest BCUT2D eigenvalue weighted by Crippen LogP contribution is -2.04. The molecule has 0 atom stereocenters. The van der Waals surface area contributed by atoms with Crippen molar-refractivity contribution in [3.63, 3.8) is 0 Å². The second-order valence-electron chi connectivity index (χ2n) is 4.58. The number of rotatable bonds is 3. The fourth-order valence-corrected chi connectivity index (χ4v) is 2.40. The summed E-state index contributed by atoms with van der Waals surface area (Å²) in [5.41, 5.74) is 1.89. The molecule has 0 radical (unpaired) electrons. The predicted molar refractivity (Wildman–Crippen MR) is 83.2 cm³/mol. The molecule has 1 aromatic heterocycles. The van der Waals surface area contributed by atoms with Crippen LogP contribution in [-0.2, 0) is 0 Å². The number of ketones is 1. The van der Waals surface area contributed by atoms with Gasteiger partial charge in [-0.1, -0.05) is 17.7 Å². The Morgan fingerprint density at radius 3 is 2.81 bits per heavy atom. The second-order valence-corrected chi connectivity index (χ2v) is 5.02. The highest BCUT2D eigenvalue weighted by atomic mass is 35.5. The Kier molecular flexibility index (Phi) is 3.59. The molecular weight excluding hydrogens is 286 g/mol. The molecule has 0 unspecified atom stereocenters. The molecule has 2 aromatic carbocycles. The molecule has 104 valence electrons. The maximum atomic E-state index is 12.7. The molecule has 3 rings (SSSR count). The average Bonchev–Trinajstić information content (AvgIpc) is 2.53. The number of carbonyl (C=O) groups excluding carboxylic acids is 1. The number of pyridine rings is 1. The first-order valence-corrected chi connectivity index (χ1v) is 6.80. The molecule has 4 heteroatoms. The summed E-state index contributed by atoms with van der Waals surface area (Å²) in [6.07, 6.45) is 1.73. The number of aromatic nitrogens is 1. The Bertz CT molecular complexity index is 830. The molecule has 3 aromatic rings. The molecule has 21 heavy (non-hydrogen) atoms. The molecule has 0 spiro atoms. The van der Waals surface area contributed by atoms with Crippen LogP contribution in [0, 0.1) is 0 Å². The Hall–Kier alpha value is -2.39. The minimum absolute atomic E-state index is 0.125. The van der Waals surface area contributed by atoms with Gasteiger partial charge in [0.15, 0.2) is 5.78 Å². The first kappa shape index (κ1) is 13.6. The van der Waals surface area contributed by atoms with E-state index in [1.165, 1.54) is 7.11 Å². The van der Waals surface area contributed by atoms with Crippen LogP contribution in [0.5, 0.6) is 5.75 Å². The van der Waals surface area contributed by atoms with Crippen LogP contribution in [0.3, 0.4) is 0 Å². The van der Waals surface area contributed by atoms with Gasteiger partial charge in [-0.2, -0.15) is 0 Å². The molecule has 0 aliphatic rings. The summed E-state index contributed by atoms with van der Waals surface area (Å²) in [5, 5.41) is 1.42.